The molecule has 1 aromatic heterocycles. The van der Waals surface area contributed by atoms with E-state index in [0.717, 1.165) is 11.4 Å². The summed E-state index contributed by atoms with van der Waals surface area (Å²) in [5.74, 6) is 0. The topological polar surface area (TPSA) is 61.0 Å². The number of nitro groups is 1. The lowest BCUT2D eigenvalue weighted by molar-refractivity contribution is -0.384. The van der Waals surface area contributed by atoms with Crippen LogP contribution in [0.25, 0.3) is 11.3 Å². The van der Waals surface area contributed by atoms with Crippen LogP contribution in [0.15, 0.2) is 30.3 Å². The second-order valence-corrected chi connectivity index (χ2v) is 3.57. The Bertz CT molecular complexity index is 546. The Kier molecular flexibility index (Phi) is 2.44. The molecular formula is C11H11N3O2. The molecule has 16 heavy (non-hydrogen) atoms. The van der Waals surface area contributed by atoms with Crippen LogP contribution in [-0.4, -0.2) is 14.7 Å². The Hall–Kier alpha value is -2.17. The van der Waals surface area contributed by atoms with Crippen molar-refractivity contribution in [2.75, 3.05) is 0 Å². The van der Waals surface area contributed by atoms with Gasteiger partial charge < -0.3 is 0 Å². The number of benzene rings is 1. The number of aromatic nitrogens is 2. The van der Waals surface area contributed by atoms with Crippen LogP contribution in [0.5, 0.6) is 0 Å². The molecule has 0 saturated carbocycles. The van der Waals surface area contributed by atoms with Crippen molar-refractivity contribution in [3.05, 3.63) is 46.1 Å². The van der Waals surface area contributed by atoms with Crippen molar-refractivity contribution >= 4 is 5.69 Å². The highest BCUT2D eigenvalue weighted by molar-refractivity contribution is 5.70. The van der Waals surface area contributed by atoms with E-state index in [0.29, 0.717) is 5.56 Å². The van der Waals surface area contributed by atoms with E-state index in [-0.39, 0.29) is 10.6 Å². The minimum atomic E-state index is -0.377. The van der Waals surface area contributed by atoms with E-state index in [9.17, 15) is 10.1 Å². The minimum absolute atomic E-state index is 0.102. The molecule has 0 aliphatic heterocycles. The molecule has 1 heterocycles. The van der Waals surface area contributed by atoms with E-state index >= 15 is 0 Å². The maximum Gasteiger partial charge on any atom is 0.278 e. The largest absolute Gasteiger partial charge is 0.278 e. The van der Waals surface area contributed by atoms with Crippen molar-refractivity contribution in [2.45, 2.75) is 6.92 Å². The number of aryl methyl sites for hydroxylation is 2. The first-order valence-corrected chi connectivity index (χ1v) is 4.84. The van der Waals surface area contributed by atoms with Crippen LogP contribution >= 0.6 is 0 Å². The first-order chi connectivity index (χ1) is 7.59. The maximum absolute atomic E-state index is 10.9. The zero-order valence-corrected chi connectivity index (χ0v) is 9.04. The molecule has 1 aromatic carbocycles. The average Bonchev–Trinajstić information content (AvgIpc) is 2.57. The summed E-state index contributed by atoms with van der Waals surface area (Å²) in [5, 5.41) is 15.1. The summed E-state index contributed by atoms with van der Waals surface area (Å²) in [7, 11) is 1.78. The molecule has 0 N–H and O–H groups in total. The average molecular weight is 217 g/mol. The Balaban J connectivity index is 2.64. The van der Waals surface area contributed by atoms with Gasteiger partial charge in [0.2, 0.25) is 0 Å². The maximum atomic E-state index is 10.9. The van der Waals surface area contributed by atoms with Crippen LogP contribution in [-0.2, 0) is 7.05 Å². The third kappa shape index (κ3) is 1.67. The zero-order chi connectivity index (χ0) is 11.7. The van der Waals surface area contributed by atoms with Gasteiger partial charge in [-0.2, -0.15) is 5.10 Å². The molecule has 0 aliphatic rings. The van der Waals surface area contributed by atoms with Gasteiger partial charge in [-0.3, -0.25) is 14.8 Å². The van der Waals surface area contributed by atoms with Crippen LogP contribution < -0.4 is 0 Å². The van der Waals surface area contributed by atoms with Gasteiger partial charge in [0.05, 0.1) is 21.9 Å². The van der Waals surface area contributed by atoms with E-state index < -0.39 is 0 Å². The lowest BCUT2D eigenvalue weighted by atomic mass is 10.1. The number of para-hydroxylation sites is 1. The first-order valence-electron chi connectivity index (χ1n) is 4.84. The van der Waals surface area contributed by atoms with E-state index in [4.69, 9.17) is 0 Å². The normalized spacial score (nSPS) is 10.4. The van der Waals surface area contributed by atoms with Crippen LogP contribution in [0.1, 0.15) is 5.69 Å². The van der Waals surface area contributed by atoms with E-state index in [1.807, 2.05) is 13.0 Å². The molecule has 2 aromatic rings. The second kappa shape index (κ2) is 3.77. The van der Waals surface area contributed by atoms with Gasteiger partial charge in [0.15, 0.2) is 0 Å². The van der Waals surface area contributed by atoms with Gasteiger partial charge >= 0.3 is 0 Å². The third-order valence-electron chi connectivity index (χ3n) is 2.38. The van der Waals surface area contributed by atoms with Crippen LogP contribution in [0, 0.1) is 17.0 Å². The summed E-state index contributed by atoms with van der Waals surface area (Å²) in [4.78, 5) is 10.5. The van der Waals surface area contributed by atoms with Crippen molar-refractivity contribution in [2.24, 2.45) is 7.05 Å². The fraction of sp³-hybridized carbons (Fsp3) is 0.182. The van der Waals surface area contributed by atoms with Crippen molar-refractivity contribution in [3.8, 4) is 11.3 Å². The summed E-state index contributed by atoms with van der Waals surface area (Å²) in [5.41, 5.74) is 2.29. The monoisotopic (exact) mass is 217 g/mol. The first kappa shape index (κ1) is 10.4. The highest BCUT2D eigenvalue weighted by atomic mass is 16.6. The van der Waals surface area contributed by atoms with E-state index in [1.165, 1.54) is 6.07 Å². The van der Waals surface area contributed by atoms with Crippen LogP contribution in [0.4, 0.5) is 5.69 Å². The lowest BCUT2D eigenvalue weighted by Gasteiger charge is -2.02. The molecule has 0 saturated heterocycles. The summed E-state index contributed by atoms with van der Waals surface area (Å²) in [6.45, 7) is 1.86. The van der Waals surface area contributed by atoms with Gasteiger partial charge in [0, 0.05) is 13.1 Å². The molecule has 2 rings (SSSR count). The van der Waals surface area contributed by atoms with Crippen molar-refractivity contribution in [3.63, 3.8) is 0 Å². The molecule has 0 radical (unpaired) electrons. The number of nitrogens with zero attached hydrogens (tertiary/aromatic N) is 3. The van der Waals surface area contributed by atoms with E-state index in [2.05, 4.69) is 5.10 Å². The minimum Gasteiger partial charge on any atom is -0.267 e. The number of hydrogen-bond acceptors (Lipinski definition) is 3. The molecule has 0 spiro atoms. The second-order valence-electron chi connectivity index (χ2n) is 3.57. The van der Waals surface area contributed by atoms with Crippen LogP contribution in [0.3, 0.4) is 0 Å². The molecular weight excluding hydrogens is 206 g/mol. The Labute approximate surface area is 92.5 Å². The summed E-state index contributed by atoms with van der Waals surface area (Å²) in [6.07, 6.45) is 0. The number of hydrogen-bond donors (Lipinski definition) is 0. The summed E-state index contributed by atoms with van der Waals surface area (Å²) in [6, 6.07) is 8.50. The van der Waals surface area contributed by atoms with Gasteiger partial charge in [-0.15, -0.1) is 0 Å². The Morgan fingerprint density at radius 3 is 2.62 bits per heavy atom. The molecule has 0 amide bonds. The fourth-order valence-electron chi connectivity index (χ4n) is 1.71. The predicted molar refractivity (Wildman–Crippen MR) is 60.0 cm³/mol. The Morgan fingerprint density at radius 2 is 2.06 bits per heavy atom. The lowest BCUT2D eigenvalue weighted by Crippen LogP contribution is -1.97. The van der Waals surface area contributed by atoms with Crippen molar-refractivity contribution < 1.29 is 4.92 Å². The van der Waals surface area contributed by atoms with Gasteiger partial charge in [-0.1, -0.05) is 12.1 Å². The number of rotatable bonds is 2. The highest BCUT2D eigenvalue weighted by Crippen LogP contribution is 2.29. The smallest absolute Gasteiger partial charge is 0.267 e. The molecule has 5 heteroatoms. The third-order valence-corrected chi connectivity index (χ3v) is 2.38. The quantitative estimate of drug-likeness (QED) is 0.572. The van der Waals surface area contributed by atoms with Gasteiger partial charge in [-0.05, 0) is 19.1 Å². The summed E-state index contributed by atoms with van der Waals surface area (Å²) >= 11 is 0. The molecule has 5 nitrogen and oxygen atoms in total. The van der Waals surface area contributed by atoms with Crippen LogP contribution in [0.2, 0.25) is 0 Å². The summed E-state index contributed by atoms with van der Waals surface area (Å²) < 4.78 is 1.65. The predicted octanol–water partition coefficient (Wildman–Crippen LogP) is 2.30. The zero-order valence-electron chi connectivity index (χ0n) is 9.04. The SMILES string of the molecule is Cc1cc(-c2ccccc2[N+](=O)[O-])n(C)n1. The van der Waals surface area contributed by atoms with Gasteiger partial charge in [0.25, 0.3) is 5.69 Å². The molecule has 0 aliphatic carbocycles. The molecule has 0 bridgehead atoms. The van der Waals surface area contributed by atoms with Gasteiger partial charge in [0.1, 0.15) is 0 Å². The van der Waals surface area contributed by atoms with Crippen molar-refractivity contribution in [1.82, 2.24) is 9.78 Å². The van der Waals surface area contributed by atoms with E-state index in [1.54, 1.807) is 29.9 Å². The molecule has 82 valence electrons. The number of nitro benzene ring substituents is 1. The van der Waals surface area contributed by atoms with Crippen molar-refractivity contribution in [1.29, 1.82) is 0 Å². The molecule has 0 fully saturated rings. The highest BCUT2D eigenvalue weighted by Gasteiger charge is 2.16. The van der Waals surface area contributed by atoms with Gasteiger partial charge in [-0.25, -0.2) is 0 Å². The fourth-order valence-corrected chi connectivity index (χ4v) is 1.71. The molecule has 0 unspecified atom stereocenters. The standard InChI is InChI=1S/C11H11N3O2/c1-8-7-11(13(2)12-8)9-5-3-4-6-10(9)14(15)16/h3-7H,1-2H3. The Morgan fingerprint density at radius 1 is 1.38 bits per heavy atom. The molecule has 0 atom stereocenters.